The first-order valence-electron chi connectivity index (χ1n) is 21.0. The van der Waals surface area contributed by atoms with Gasteiger partial charge in [0, 0.05) is 13.0 Å². The average molecular weight is 794 g/mol. The lowest BCUT2D eigenvalue weighted by Gasteiger charge is -2.20. The summed E-state index contributed by atoms with van der Waals surface area (Å²) in [6, 6.07) is -1.48. The van der Waals surface area contributed by atoms with Crippen molar-refractivity contribution >= 4 is 19.8 Å². The summed E-state index contributed by atoms with van der Waals surface area (Å²) in [6.07, 6.45) is 48.1. The van der Waals surface area contributed by atoms with Gasteiger partial charge in [-0.05, 0) is 77.0 Å². The van der Waals surface area contributed by atoms with Gasteiger partial charge < -0.3 is 25.2 Å². The minimum atomic E-state index is -4.63. The largest absolute Gasteiger partial charge is 0.480 e. The maximum absolute atomic E-state index is 12.6. The second kappa shape index (κ2) is 39.6. The standard InChI is InChI=1S/C44H76NO9P/c1-3-5-7-9-11-13-15-17-19-20-21-23-25-27-29-31-33-35-37-51-38-41(39-52-55(49,50)53-40-42(45)44(47)48)54-43(46)36-34-32-30-28-26-24-22-18-16-14-12-10-8-6-4-2/h5-8,11-14,17-19,22,41-42H,3-4,9-10,15-16,20-21,23-40,45H2,1-2H3,(H,47,48)(H,49,50)/b7-5-,8-6-,13-11-,14-12-,19-17-,22-18-. The summed E-state index contributed by atoms with van der Waals surface area (Å²) in [5, 5.41) is 8.89. The fourth-order valence-corrected chi connectivity index (χ4v) is 6.06. The van der Waals surface area contributed by atoms with Gasteiger partial charge in [-0.15, -0.1) is 0 Å². The summed E-state index contributed by atoms with van der Waals surface area (Å²) < 4.78 is 33.3. The SMILES string of the molecule is CC/C=C\C/C=C\C/C=C\CCCCCCCCCCOCC(COP(=O)(O)OCC(N)C(=O)O)OC(=O)CCCCCCC/C=C\C/C=C\C/C=C\CC. The lowest BCUT2D eigenvalue weighted by atomic mass is 10.1. The highest BCUT2D eigenvalue weighted by atomic mass is 31.2. The Kier molecular flexibility index (Phi) is 37.8. The number of ether oxygens (including phenoxy) is 2. The Labute approximate surface area is 334 Å². The van der Waals surface area contributed by atoms with Crippen molar-refractivity contribution in [1.29, 1.82) is 0 Å². The first-order valence-corrected chi connectivity index (χ1v) is 22.5. The number of hydrogen-bond acceptors (Lipinski definition) is 8. The average Bonchev–Trinajstić information content (AvgIpc) is 3.16. The predicted molar refractivity (Wildman–Crippen MR) is 226 cm³/mol. The van der Waals surface area contributed by atoms with Crippen molar-refractivity contribution in [2.24, 2.45) is 5.73 Å². The van der Waals surface area contributed by atoms with Crippen LogP contribution in [-0.4, -0.2) is 60.5 Å². The van der Waals surface area contributed by atoms with Gasteiger partial charge in [0.1, 0.15) is 12.1 Å². The van der Waals surface area contributed by atoms with E-state index in [0.29, 0.717) is 13.0 Å². The number of phosphoric acid groups is 1. The number of carboxylic acid groups (broad SMARTS) is 1. The molecule has 0 aliphatic carbocycles. The van der Waals surface area contributed by atoms with Gasteiger partial charge in [-0.25, -0.2) is 4.57 Å². The predicted octanol–water partition coefficient (Wildman–Crippen LogP) is 11.4. The molecule has 3 unspecified atom stereocenters. The Balaban J connectivity index is 4.30. The topological polar surface area (TPSA) is 155 Å². The normalized spacial score (nSPS) is 14.7. The van der Waals surface area contributed by atoms with E-state index in [1.807, 2.05) is 0 Å². The van der Waals surface area contributed by atoms with E-state index in [1.54, 1.807) is 0 Å². The Morgan fingerprint density at radius 1 is 0.582 bits per heavy atom. The number of carboxylic acids is 1. The Hall–Kier alpha value is -2.59. The molecule has 0 aromatic carbocycles. The molecule has 0 aliphatic heterocycles. The van der Waals surface area contributed by atoms with Crippen LogP contribution in [0.4, 0.5) is 0 Å². The van der Waals surface area contributed by atoms with Crippen LogP contribution in [-0.2, 0) is 32.7 Å². The molecule has 0 aliphatic rings. The summed E-state index contributed by atoms with van der Waals surface area (Å²) in [6.45, 7) is 3.60. The number of aliphatic carboxylic acids is 1. The van der Waals surface area contributed by atoms with Gasteiger partial charge >= 0.3 is 19.8 Å². The highest BCUT2D eigenvalue weighted by Gasteiger charge is 2.27. The number of rotatable bonds is 39. The zero-order valence-electron chi connectivity index (χ0n) is 34.2. The van der Waals surface area contributed by atoms with Gasteiger partial charge in [0.2, 0.25) is 0 Å². The molecule has 0 aromatic heterocycles. The van der Waals surface area contributed by atoms with Gasteiger partial charge in [0.25, 0.3) is 0 Å². The molecule has 0 aromatic rings. The quantitative estimate of drug-likeness (QED) is 0.0237. The van der Waals surface area contributed by atoms with E-state index in [-0.39, 0.29) is 13.0 Å². The first-order chi connectivity index (χ1) is 26.7. The molecule has 4 N–H and O–H groups in total. The fraction of sp³-hybridized carbons (Fsp3) is 0.682. The van der Waals surface area contributed by atoms with E-state index in [0.717, 1.165) is 96.3 Å². The van der Waals surface area contributed by atoms with Gasteiger partial charge in [-0.2, -0.15) is 0 Å². The number of allylic oxidation sites excluding steroid dienone is 12. The molecule has 3 atom stereocenters. The van der Waals surface area contributed by atoms with Gasteiger partial charge in [-0.3, -0.25) is 18.6 Å². The molecule has 10 nitrogen and oxygen atoms in total. The Morgan fingerprint density at radius 3 is 1.49 bits per heavy atom. The molecule has 0 rings (SSSR count). The molecule has 11 heteroatoms. The Bertz CT molecular complexity index is 1150. The lowest BCUT2D eigenvalue weighted by molar-refractivity contribution is -0.154. The van der Waals surface area contributed by atoms with E-state index in [4.69, 9.17) is 29.4 Å². The number of phosphoric ester groups is 1. The van der Waals surface area contributed by atoms with E-state index >= 15 is 0 Å². The van der Waals surface area contributed by atoms with E-state index < -0.39 is 45.1 Å². The smallest absolute Gasteiger partial charge is 0.472 e. The fourth-order valence-electron chi connectivity index (χ4n) is 5.28. The van der Waals surface area contributed by atoms with Crippen molar-refractivity contribution in [3.05, 3.63) is 72.9 Å². The highest BCUT2D eigenvalue weighted by molar-refractivity contribution is 7.47. The molecule has 0 heterocycles. The van der Waals surface area contributed by atoms with Crippen LogP contribution in [0.1, 0.15) is 155 Å². The van der Waals surface area contributed by atoms with Crippen molar-refractivity contribution in [3.8, 4) is 0 Å². The van der Waals surface area contributed by atoms with E-state index in [9.17, 15) is 19.0 Å². The highest BCUT2D eigenvalue weighted by Crippen LogP contribution is 2.43. The summed E-state index contributed by atoms with van der Waals surface area (Å²) in [5.74, 6) is -1.81. The van der Waals surface area contributed by atoms with Crippen LogP contribution < -0.4 is 5.73 Å². The van der Waals surface area contributed by atoms with E-state index in [1.165, 1.54) is 32.1 Å². The number of nitrogens with two attached hydrogens (primary N) is 1. The molecule has 0 radical (unpaired) electrons. The molecule has 0 saturated heterocycles. The molecule has 0 bridgehead atoms. The number of unbranched alkanes of at least 4 members (excludes halogenated alkanes) is 13. The van der Waals surface area contributed by atoms with Crippen molar-refractivity contribution in [2.75, 3.05) is 26.4 Å². The number of carbonyl (C=O) groups is 2. The van der Waals surface area contributed by atoms with Gasteiger partial charge in [0.15, 0.2) is 0 Å². The van der Waals surface area contributed by atoms with Crippen molar-refractivity contribution in [1.82, 2.24) is 0 Å². The lowest BCUT2D eigenvalue weighted by Crippen LogP contribution is -2.34. The molecule has 0 fully saturated rings. The zero-order chi connectivity index (χ0) is 40.5. The molecule has 55 heavy (non-hydrogen) atoms. The number of esters is 1. The monoisotopic (exact) mass is 794 g/mol. The third kappa shape index (κ3) is 39.4. The summed E-state index contributed by atoms with van der Waals surface area (Å²) in [4.78, 5) is 33.5. The molecular weight excluding hydrogens is 717 g/mol. The molecule has 316 valence electrons. The summed E-state index contributed by atoms with van der Waals surface area (Å²) in [5.41, 5.74) is 5.35. The maximum atomic E-state index is 12.6. The van der Waals surface area contributed by atoms with Gasteiger partial charge in [-0.1, -0.05) is 145 Å². The van der Waals surface area contributed by atoms with Crippen molar-refractivity contribution in [2.45, 2.75) is 167 Å². The zero-order valence-corrected chi connectivity index (χ0v) is 35.1. The maximum Gasteiger partial charge on any atom is 0.472 e. The third-order valence-electron chi connectivity index (χ3n) is 8.48. The van der Waals surface area contributed by atoms with Crippen LogP contribution in [0.15, 0.2) is 72.9 Å². The molecule has 0 amide bonds. The van der Waals surface area contributed by atoms with Crippen LogP contribution in [0.2, 0.25) is 0 Å². The van der Waals surface area contributed by atoms with Crippen molar-refractivity contribution in [3.63, 3.8) is 0 Å². The van der Waals surface area contributed by atoms with Crippen LogP contribution in [0.3, 0.4) is 0 Å². The molecule has 0 spiro atoms. The summed E-state index contributed by atoms with van der Waals surface area (Å²) >= 11 is 0. The minimum absolute atomic E-state index is 0.000625. The number of carbonyl (C=O) groups excluding carboxylic acids is 1. The Morgan fingerprint density at radius 2 is 1.00 bits per heavy atom. The van der Waals surface area contributed by atoms with E-state index in [2.05, 4.69) is 86.8 Å². The second-order valence-corrected chi connectivity index (χ2v) is 15.2. The minimum Gasteiger partial charge on any atom is -0.480 e. The molecule has 0 saturated carbocycles. The van der Waals surface area contributed by atoms with Crippen LogP contribution in [0.25, 0.3) is 0 Å². The second-order valence-electron chi connectivity index (χ2n) is 13.7. The van der Waals surface area contributed by atoms with Crippen molar-refractivity contribution < 1.29 is 42.7 Å². The van der Waals surface area contributed by atoms with Crippen LogP contribution in [0.5, 0.6) is 0 Å². The molecular formula is C44H76NO9P. The third-order valence-corrected chi connectivity index (χ3v) is 9.43. The summed E-state index contributed by atoms with van der Waals surface area (Å²) in [7, 11) is -4.63. The first kappa shape index (κ1) is 52.4. The van der Waals surface area contributed by atoms with Crippen LogP contribution in [0, 0.1) is 0 Å². The van der Waals surface area contributed by atoms with Crippen LogP contribution >= 0.6 is 7.82 Å². The number of hydrogen-bond donors (Lipinski definition) is 3. The van der Waals surface area contributed by atoms with Gasteiger partial charge in [0.05, 0.1) is 19.8 Å².